The Hall–Kier alpha value is -1.35. The van der Waals surface area contributed by atoms with E-state index in [1.807, 2.05) is 18.2 Å². The van der Waals surface area contributed by atoms with Gasteiger partial charge < -0.3 is 10.4 Å². The van der Waals surface area contributed by atoms with Crippen molar-refractivity contribution in [2.75, 3.05) is 13.1 Å². The first-order valence-corrected chi connectivity index (χ1v) is 5.17. The molecular formula is C12H17NO2. The standard InChI is InChI=1S/C12H17NO2/c1-10(12(14)15)9-13-8-7-11-5-3-2-4-6-11/h2-6,10,13H,7-9H2,1H3,(H,14,15). The number of carbonyl (C=O) groups is 1. The highest BCUT2D eigenvalue weighted by Gasteiger charge is 2.08. The number of rotatable bonds is 6. The van der Waals surface area contributed by atoms with Crippen LogP contribution in [0, 0.1) is 5.92 Å². The smallest absolute Gasteiger partial charge is 0.307 e. The maximum absolute atomic E-state index is 10.5. The van der Waals surface area contributed by atoms with Crippen molar-refractivity contribution in [3.05, 3.63) is 35.9 Å². The monoisotopic (exact) mass is 207 g/mol. The van der Waals surface area contributed by atoms with E-state index < -0.39 is 5.97 Å². The lowest BCUT2D eigenvalue weighted by Gasteiger charge is -2.07. The molecule has 0 radical (unpaired) electrons. The van der Waals surface area contributed by atoms with E-state index in [9.17, 15) is 4.79 Å². The predicted octanol–water partition coefficient (Wildman–Crippen LogP) is 1.54. The molecule has 1 unspecified atom stereocenters. The van der Waals surface area contributed by atoms with Gasteiger partial charge in [0.15, 0.2) is 0 Å². The number of benzene rings is 1. The van der Waals surface area contributed by atoms with Crippen LogP contribution in [-0.4, -0.2) is 24.2 Å². The highest BCUT2D eigenvalue weighted by molar-refractivity contribution is 5.69. The Morgan fingerprint density at radius 1 is 1.40 bits per heavy atom. The summed E-state index contributed by atoms with van der Waals surface area (Å²) >= 11 is 0. The Kier molecular flexibility index (Phi) is 4.84. The van der Waals surface area contributed by atoms with E-state index in [4.69, 9.17) is 5.11 Å². The van der Waals surface area contributed by atoms with Crippen LogP contribution in [0.15, 0.2) is 30.3 Å². The minimum Gasteiger partial charge on any atom is -0.481 e. The van der Waals surface area contributed by atoms with Crippen LogP contribution in [0.2, 0.25) is 0 Å². The van der Waals surface area contributed by atoms with E-state index >= 15 is 0 Å². The third kappa shape index (κ3) is 4.61. The first kappa shape index (κ1) is 11.7. The number of nitrogens with one attached hydrogen (secondary N) is 1. The van der Waals surface area contributed by atoms with Gasteiger partial charge in [-0.2, -0.15) is 0 Å². The van der Waals surface area contributed by atoms with Crippen LogP contribution in [-0.2, 0) is 11.2 Å². The quantitative estimate of drug-likeness (QED) is 0.696. The van der Waals surface area contributed by atoms with Crippen LogP contribution in [0.25, 0.3) is 0 Å². The molecule has 0 saturated heterocycles. The molecule has 0 fully saturated rings. The summed E-state index contributed by atoms with van der Waals surface area (Å²) in [4.78, 5) is 10.5. The molecule has 0 heterocycles. The molecule has 2 N–H and O–H groups in total. The lowest BCUT2D eigenvalue weighted by atomic mass is 10.1. The average Bonchev–Trinajstić information content (AvgIpc) is 2.25. The molecule has 0 aliphatic heterocycles. The second-order valence-electron chi connectivity index (χ2n) is 3.68. The summed E-state index contributed by atoms with van der Waals surface area (Å²) in [5.41, 5.74) is 1.27. The normalized spacial score (nSPS) is 12.3. The van der Waals surface area contributed by atoms with Crippen LogP contribution in [0.1, 0.15) is 12.5 Å². The van der Waals surface area contributed by atoms with Crippen molar-refractivity contribution in [1.29, 1.82) is 0 Å². The zero-order chi connectivity index (χ0) is 11.1. The number of aliphatic carboxylic acids is 1. The fraction of sp³-hybridized carbons (Fsp3) is 0.417. The van der Waals surface area contributed by atoms with Crippen molar-refractivity contribution in [3.8, 4) is 0 Å². The van der Waals surface area contributed by atoms with Gasteiger partial charge in [0.1, 0.15) is 0 Å². The van der Waals surface area contributed by atoms with Crippen molar-refractivity contribution >= 4 is 5.97 Å². The summed E-state index contributed by atoms with van der Waals surface area (Å²) in [5.74, 6) is -1.07. The molecule has 15 heavy (non-hydrogen) atoms. The van der Waals surface area contributed by atoms with E-state index in [1.54, 1.807) is 6.92 Å². The third-order valence-electron chi connectivity index (χ3n) is 2.31. The van der Waals surface area contributed by atoms with Crippen LogP contribution < -0.4 is 5.32 Å². The summed E-state index contributed by atoms with van der Waals surface area (Å²) < 4.78 is 0. The van der Waals surface area contributed by atoms with Crippen molar-refractivity contribution in [2.45, 2.75) is 13.3 Å². The predicted molar refractivity (Wildman–Crippen MR) is 59.8 cm³/mol. The molecule has 0 spiro atoms. The van der Waals surface area contributed by atoms with E-state index in [2.05, 4.69) is 17.4 Å². The number of hydrogen-bond acceptors (Lipinski definition) is 2. The molecule has 1 aromatic rings. The summed E-state index contributed by atoms with van der Waals surface area (Å²) in [5, 5.41) is 11.8. The second kappa shape index (κ2) is 6.19. The van der Waals surface area contributed by atoms with E-state index in [0.717, 1.165) is 13.0 Å². The summed E-state index contributed by atoms with van der Waals surface area (Å²) in [6.07, 6.45) is 0.938. The second-order valence-corrected chi connectivity index (χ2v) is 3.68. The van der Waals surface area contributed by atoms with Crippen molar-refractivity contribution in [1.82, 2.24) is 5.32 Å². The maximum Gasteiger partial charge on any atom is 0.307 e. The Morgan fingerprint density at radius 3 is 2.67 bits per heavy atom. The lowest BCUT2D eigenvalue weighted by Crippen LogP contribution is -2.27. The molecule has 0 aliphatic rings. The minimum absolute atomic E-state index is 0.319. The molecule has 3 heteroatoms. The summed E-state index contributed by atoms with van der Waals surface area (Å²) in [7, 11) is 0. The zero-order valence-electron chi connectivity index (χ0n) is 8.94. The molecule has 0 aliphatic carbocycles. The molecule has 0 aromatic heterocycles. The van der Waals surface area contributed by atoms with Crippen LogP contribution in [0.4, 0.5) is 0 Å². The van der Waals surface area contributed by atoms with Crippen molar-refractivity contribution in [2.24, 2.45) is 5.92 Å². The van der Waals surface area contributed by atoms with E-state index in [0.29, 0.717) is 6.54 Å². The minimum atomic E-state index is -0.748. The van der Waals surface area contributed by atoms with Gasteiger partial charge in [-0.25, -0.2) is 0 Å². The topological polar surface area (TPSA) is 49.3 Å². The van der Waals surface area contributed by atoms with Gasteiger partial charge in [0.05, 0.1) is 5.92 Å². The molecule has 0 bridgehead atoms. The van der Waals surface area contributed by atoms with Gasteiger partial charge in [0.2, 0.25) is 0 Å². The Morgan fingerprint density at radius 2 is 2.07 bits per heavy atom. The Labute approximate surface area is 90.1 Å². The molecule has 1 aromatic carbocycles. The molecule has 1 atom stereocenters. The maximum atomic E-state index is 10.5. The van der Waals surface area contributed by atoms with Crippen LogP contribution in [0.5, 0.6) is 0 Å². The SMILES string of the molecule is CC(CNCCc1ccccc1)C(=O)O. The van der Waals surface area contributed by atoms with Gasteiger partial charge in [-0.15, -0.1) is 0 Å². The van der Waals surface area contributed by atoms with Gasteiger partial charge in [0.25, 0.3) is 0 Å². The third-order valence-corrected chi connectivity index (χ3v) is 2.31. The van der Waals surface area contributed by atoms with Gasteiger partial charge in [-0.1, -0.05) is 37.3 Å². The van der Waals surface area contributed by atoms with Crippen molar-refractivity contribution in [3.63, 3.8) is 0 Å². The number of carboxylic acid groups (broad SMARTS) is 1. The Bertz CT molecular complexity index is 298. The number of hydrogen-bond donors (Lipinski definition) is 2. The first-order valence-electron chi connectivity index (χ1n) is 5.17. The largest absolute Gasteiger partial charge is 0.481 e. The average molecular weight is 207 g/mol. The van der Waals surface area contributed by atoms with Gasteiger partial charge in [-0.3, -0.25) is 4.79 Å². The van der Waals surface area contributed by atoms with Crippen LogP contribution in [0.3, 0.4) is 0 Å². The highest BCUT2D eigenvalue weighted by Crippen LogP contribution is 1.98. The van der Waals surface area contributed by atoms with E-state index in [1.165, 1.54) is 5.56 Å². The van der Waals surface area contributed by atoms with Gasteiger partial charge in [-0.05, 0) is 18.5 Å². The fourth-order valence-electron chi connectivity index (χ4n) is 1.28. The Balaban J connectivity index is 2.15. The highest BCUT2D eigenvalue weighted by atomic mass is 16.4. The van der Waals surface area contributed by atoms with Gasteiger partial charge >= 0.3 is 5.97 Å². The summed E-state index contributed by atoms with van der Waals surface area (Å²) in [6, 6.07) is 10.2. The first-order chi connectivity index (χ1) is 7.20. The fourth-order valence-corrected chi connectivity index (χ4v) is 1.28. The molecule has 3 nitrogen and oxygen atoms in total. The van der Waals surface area contributed by atoms with Gasteiger partial charge in [0, 0.05) is 6.54 Å². The molecule has 1 rings (SSSR count). The lowest BCUT2D eigenvalue weighted by molar-refractivity contribution is -0.140. The summed E-state index contributed by atoms with van der Waals surface area (Å²) in [6.45, 7) is 3.06. The zero-order valence-corrected chi connectivity index (χ0v) is 8.94. The van der Waals surface area contributed by atoms with Crippen LogP contribution >= 0.6 is 0 Å². The molecule has 0 saturated carbocycles. The number of carboxylic acids is 1. The molecular weight excluding hydrogens is 190 g/mol. The van der Waals surface area contributed by atoms with Crippen molar-refractivity contribution < 1.29 is 9.90 Å². The van der Waals surface area contributed by atoms with E-state index in [-0.39, 0.29) is 5.92 Å². The molecule has 82 valence electrons. The molecule has 0 amide bonds.